The Hall–Kier alpha value is -1.34. The molecule has 17 heavy (non-hydrogen) atoms. The van der Waals surface area contributed by atoms with Gasteiger partial charge in [0.2, 0.25) is 0 Å². The fourth-order valence-corrected chi connectivity index (χ4v) is 1.56. The molecular weight excluding hydrogens is 226 g/mol. The molecule has 0 spiro atoms. The van der Waals surface area contributed by atoms with Crippen LogP contribution in [0.15, 0.2) is 0 Å². The van der Waals surface area contributed by atoms with Crippen molar-refractivity contribution < 1.29 is 19.4 Å². The van der Waals surface area contributed by atoms with Crippen LogP contribution in [0, 0.1) is 0 Å². The van der Waals surface area contributed by atoms with Gasteiger partial charge in [0.05, 0.1) is 13.2 Å². The van der Waals surface area contributed by atoms with Crippen LogP contribution in [0.3, 0.4) is 0 Å². The summed E-state index contributed by atoms with van der Waals surface area (Å²) < 4.78 is 5.13. The first kappa shape index (κ1) is 13.7. The third kappa shape index (κ3) is 5.01. The second-order valence-corrected chi connectivity index (χ2v) is 3.86. The molecule has 0 bridgehead atoms. The Morgan fingerprint density at radius 3 is 2.59 bits per heavy atom. The molecule has 1 saturated heterocycles. The number of carbonyl (C=O) groups excluding carboxylic acids is 1. The highest BCUT2D eigenvalue weighted by Crippen LogP contribution is 1.97. The van der Waals surface area contributed by atoms with E-state index in [-0.39, 0.29) is 0 Å². The van der Waals surface area contributed by atoms with E-state index in [1.165, 1.54) is 0 Å². The molecule has 0 unspecified atom stereocenters. The first-order valence-corrected chi connectivity index (χ1v) is 5.76. The normalized spacial score (nSPS) is 18.4. The number of nitrogens with one attached hydrogen (secondary N) is 2. The van der Waals surface area contributed by atoms with Crippen molar-refractivity contribution in [1.29, 1.82) is 0 Å². The molecular formula is C10H19N3O4. The van der Waals surface area contributed by atoms with E-state index in [0.717, 1.165) is 0 Å². The lowest BCUT2D eigenvalue weighted by molar-refractivity contribution is -0.139. The Balaban J connectivity index is 2.33. The fraction of sp³-hybridized carbons (Fsp3) is 0.800. The van der Waals surface area contributed by atoms with Gasteiger partial charge in [-0.2, -0.15) is 0 Å². The van der Waals surface area contributed by atoms with Crippen molar-refractivity contribution in [3.05, 3.63) is 0 Å². The summed E-state index contributed by atoms with van der Waals surface area (Å²) in [6.45, 7) is 4.23. The minimum absolute atomic E-state index is 0.422. The number of rotatable bonds is 5. The quantitative estimate of drug-likeness (QED) is 0.623. The smallest absolute Gasteiger partial charge is 0.330 e. The van der Waals surface area contributed by atoms with E-state index in [0.29, 0.717) is 39.1 Å². The summed E-state index contributed by atoms with van der Waals surface area (Å²) in [5, 5.41) is 13.0. The second-order valence-electron chi connectivity index (χ2n) is 3.86. The molecule has 0 aromatic rings. The van der Waals surface area contributed by atoms with Crippen LogP contribution in [0.1, 0.15) is 19.8 Å². The van der Waals surface area contributed by atoms with Crippen molar-refractivity contribution in [2.24, 2.45) is 0 Å². The zero-order chi connectivity index (χ0) is 12.7. The van der Waals surface area contributed by atoms with Gasteiger partial charge in [-0.05, 0) is 6.42 Å². The minimum Gasteiger partial charge on any atom is -0.480 e. The van der Waals surface area contributed by atoms with Crippen molar-refractivity contribution in [2.75, 3.05) is 26.3 Å². The number of aliphatic carboxylic acids is 1. The molecule has 7 heteroatoms. The van der Waals surface area contributed by atoms with Gasteiger partial charge >= 0.3 is 12.0 Å². The molecule has 1 atom stereocenters. The van der Waals surface area contributed by atoms with E-state index in [4.69, 9.17) is 9.84 Å². The van der Waals surface area contributed by atoms with Crippen molar-refractivity contribution in [1.82, 2.24) is 15.8 Å². The molecule has 0 saturated carbocycles. The van der Waals surface area contributed by atoms with Gasteiger partial charge in [-0.3, -0.25) is 5.43 Å². The maximum absolute atomic E-state index is 11.5. The van der Waals surface area contributed by atoms with Gasteiger partial charge in [0, 0.05) is 13.1 Å². The SMILES string of the molecule is CCC[C@H](NC(=O)NN1CCOCC1)C(=O)O. The van der Waals surface area contributed by atoms with Gasteiger partial charge in [-0.15, -0.1) is 0 Å². The van der Waals surface area contributed by atoms with Gasteiger partial charge in [0.1, 0.15) is 6.04 Å². The third-order valence-electron chi connectivity index (χ3n) is 2.45. The molecule has 1 rings (SSSR count). The Morgan fingerprint density at radius 1 is 1.41 bits per heavy atom. The molecule has 0 aliphatic carbocycles. The van der Waals surface area contributed by atoms with E-state index in [1.54, 1.807) is 5.01 Å². The van der Waals surface area contributed by atoms with Crippen LogP contribution in [0.5, 0.6) is 0 Å². The average molecular weight is 245 g/mol. The van der Waals surface area contributed by atoms with E-state index < -0.39 is 18.0 Å². The Bertz CT molecular complexity index is 266. The first-order valence-electron chi connectivity index (χ1n) is 5.76. The van der Waals surface area contributed by atoms with E-state index >= 15 is 0 Å². The average Bonchev–Trinajstić information content (AvgIpc) is 2.29. The summed E-state index contributed by atoms with van der Waals surface area (Å²) in [5.74, 6) is -1.01. The van der Waals surface area contributed by atoms with Gasteiger partial charge in [0.25, 0.3) is 0 Å². The monoisotopic (exact) mass is 245 g/mol. The maximum atomic E-state index is 11.5. The molecule has 0 aromatic heterocycles. The summed E-state index contributed by atoms with van der Waals surface area (Å²) in [6.07, 6.45) is 1.13. The van der Waals surface area contributed by atoms with Gasteiger partial charge < -0.3 is 15.2 Å². The molecule has 98 valence electrons. The van der Waals surface area contributed by atoms with Crippen LogP contribution in [0.2, 0.25) is 0 Å². The first-order chi connectivity index (χ1) is 8.13. The number of urea groups is 1. The van der Waals surface area contributed by atoms with E-state index in [9.17, 15) is 9.59 Å². The molecule has 7 nitrogen and oxygen atoms in total. The second kappa shape index (κ2) is 7.08. The lowest BCUT2D eigenvalue weighted by atomic mass is 10.2. The largest absolute Gasteiger partial charge is 0.480 e. The summed E-state index contributed by atoms with van der Waals surface area (Å²) in [7, 11) is 0. The van der Waals surface area contributed by atoms with Gasteiger partial charge in [-0.1, -0.05) is 13.3 Å². The zero-order valence-electron chi connectivity index (χ0n) is 9.94. The van der Waals surface area contributed by atoms with Crippen molar-refractivity contribution >= 4 is 12.0 Å². The van der Waals surface area contributed by atoms with Gasteiger partial charge in [0.15, 0.2) is 0 Å². The Kier molecular flexibility index (Phi) is 5.71. The number of carboxylic acid groups (broad SMARTS) is 1. The fourth-order valence-electron chi connectivity index (χ4n) is 1.56. The topological polar surface area (TPSA) is 90.9 Å². The van der Waals surface area contributed by atoms with Crippen molar-refractivity contribution in [3.8, 4) is 0 Å². The number of hydrogen-bond donors (Lipinski definition) is 3. The Morgan fingerprint density at radius 2 is 2.06 bits per heavy atom. The number of nitrogens with zero attached hydrogens (tertiary/aromatic N) is 1. The molecule has 3 N–H and O–H groups in total. The highest BCUT2D eigenvalue weighted by Gasteiger charge is 2.20. The molecule has 2 amide bonds. The number of amides is 2. The standard InChI is InChI=1S/C10H19N3O4/c1-2-3-8(9(14)15)11-10(16)12-13-4-6-17-7-5-13/h8H,2-7H2,1H3,(H,14,15)(H2,11,12,16)/t8-/m0/s1. The van der Waals surface area contributed by atoms with E-state index in [1.807, 2.05) is 6.92 Å². The number of hydrogen-bond acceptors (Lipinski definition) is 4. The van der Waals surface area contributed by atoms with Crippen molar-refractivity contribution in [3.63, 3.8) is 0 Å². The molecule has 0 aromatic carbocycles. The highest BCUT2D eigenvalue weighted by atomic mass is 16.5. The Labute approximate surface area is 100 Å². The predicted molar refractivity (Wildman–Crippen MR) is 60.4 cm³/mol. The number of morpholine rings is 1. The maximum Gasteiger partial charge on any atom is 0.330 e. The number of hydrazine groups is 1. The lowest BCUT2D eigenvalue weighted by Gasteiger charge is -2.27. The van der Waals surface area contributed by atoms with Crippen LogP contribution in [-0.4, -0.2) is 54.5 Å². The van der Waals surface area contributed by atoms with Crippen LogP contribution in [0.25, 0.3) is 0 Å². The van der Waals surface area contributed by atoms with Crippen LogP contribution in [-0.2, 0) is 9.53 Å². The predicted octanol–water partition coefficient (Wildman–Crippen LogP) is -0.214. The lowest BCUT2D eigenvalue weighted by Crippen LogP contribution is -2.54. The van der Waals surface area contributed by atoms with Crippen LogP contribution >= 0.6 is 0 Å². The summed E-state index contributed by atoms with van der Waals surface area (Å²) >= 11 is 0. The number of carbonyl (C=O) groups is 2. The third-order valence-corrected chi connectivity index (χ3v) is 2.45. The minimum atomic E-state index is -1.01. The van der Waals surface area contributed by atoms with E-state index in [2.05, 4.69) is 10.7 Å². The van der Waals surface area contributed by atoms with Crippen LogP contribution < -0.4 is 10.7 Å². The van der Waals surface area contributed by atoms with Crippen molar-refractivity contribution in [2.45, 2.75) is 25.8 Å². The van der Waals surface area contributed by atoms with Crippen LogP contribution in [0.4, 0.5) is 4.79 Å². The summed E-state index contributed by atoms with van der Waals surface area (Å²) in [6, 6.07) is -1.31. The molecule has 1 aliphatic rings. The molecule has 1 heterocycles. The zero-order valence-corrected chi connectivity index (χ0v) is 9.94. The number of ether oxygens (including phenoxy) is 1. The summed E-state index contributed by atoms with van der Waals surface area (Å²) in [4.78, 5) is 22.4. The highest BCUT2D eigenvalue weighted by molar-refractivity contribution is 5.82. The molecule has 1 fully saturated rings. The molecule has 1 aliphatic heterocycles. The summed E-state index contributed by atoms with van der Waals surface area (Å²) in [5.41, 5.74) is 2.60. The molecule has 0 radical (unpaired) electrons. The van der Waals surface area contributed by atoms with Gasteiger partial charge in [-0.25, -0.2) is 14.6 Å². The number of carboxylic acids is 1.